The first-order valence-corrected chi connectivity index (χ1v) is 13.2. The molecule has 2 bridgehead atoms. The molecule has 1 heterocycles. The molecular weight excluding hydrogens is 523 g/mol. The molecule has 3 aliphatic carbocycles. The maximum atomic E-state index is 13.7. The predicted molar refractivity (Wildman–Crippen MR) is 120 cm³/mol. The molecule has 37 heavy (non-hydrogen) atoms. The number of carbonyl (C=O) groups is 2. The summed E-state index contributed by atoms with van der Waals surface area (Å²) in [4.78, 5) is 25.6. The van der Waals surface area contributed by atoms with Crippen LogP contribution in [-0.4, -0.2) is 61.2 Å². The number of nitrogens with zero attached hydrogens (tertiary/aromatic N) is 2. The second-order valence-corrected chi connectivity index (χ2v) is 12.0. The number of benzene rings is 1. The van der Waals surface area contributed by atoms with Crippen molar-refractivity contribution in [3.05, 3.63) is 24.3 Å². The second kappa shape index (κ2) is 9.20. The molecule has 1 aliphatic heterocycles. The van der Waals surface area contributed by atoms with Crippen LogP contribution in [0.3, 0.4) is 0 Å². The lowest BCUT2D eigenvalue weighted by Crippen LogP contribution is -2.59. The number of anilines is 1. The van der Waals surface area contributed by atoms with Gasteiger partial charge in [-0.2, -0.15) is 18.4 Å². The van der Waals surface area contributed by atoms with Gasteiger partial charge in [-0.1, -0.05) is 0 Å². The van der Waals surface area contributed by atoms with E-state index in [-0.39, 0.29) is 18.1 Å². The molecule has 5 rings (SSSR count). The number of alkyl halides is 5. The van der Waals surface area contributed by atoms with Crippen LogP contribution in [0.4, 0.5) is 27.6 Å². The molecule has 1 atom stereocenters. The first-order chi connectivity index (χ1) is 17.1. The van der Waals surface area contributed by atoms with Crippen molar-refractivity contribution in [2.24, 2.45) is 5.41 Å². The summed E-state index contributed by atoms with van der Waals surface area (Å²) in [6.45, 7) is -0.980. The summed E-state index contributed by atoms with van der Waals surface area (Å²) in [5.74, 6) is -3.99. The third-order valence-electron chi connectivity index (χ3n) is 7.81. The first kappa shape index (κ1) is 27.3. The number of carbonyl (C=O) groups excluding carboxylic acids is 2. The van der Waals surface area contributed by atoms with Crippen molar-refractivity contribution in [3.8, 4) is 6.07 Å². The number of nitrogens with one attached hydrogen (secondary N) is 2. The van der Waals surface area contributed by atoms with Crippen LogP contribution in [0.15, 0.2) is 29.2 Å². The Labute approximate surface area is 210 Å². The molecule has 1 aromatic rings. The Morgan fingerprint density at radius 3 is 2.14 bits per heavy atom. The highest BCUT2D eigenvalue weighted by Gasteiger charge is 2.53. The largest absolute Gasteiger partial charge is 0.501 e. The lowest BCUT2D eigenvalue weighted by Gasteiger charge is -2.52. The zero-order valence-corrected chi connectivity index (χ0v) is 20.4. The van der Waals surface area contributed by atoms with E-state index in [1.165, 1.54) is 0 Å². The molecule has 14 heteroatoms. The van der Waals surface area contributed by atoms with Gasteiger partial charge in [0, 0.05) is 23.1 Å². The summed E-state index contributed by atoms with van der Waals surface area (Å²) in [7, 11) is -5.49. The second-order valence-electron chi connectivity index (χ2n) is 10.1. The van der Waals surface area contributed by atoms with E-state index in [2.05, 4.69) is 10.6 Å². The van der Waals surface area contributed by atoms with Gasteiger partial charge in [-0.05, 0) is 62.8 Å². The molecule has 0 aromatic heterocycles. The van der Waals surface area contributed by atoms with Crippen molar-refractivity contribution in [3.63, 3.8) is 0 Å². The Kier molecular flexibility index (Phi) is 6.77. The fraction of sp³-hybridized carbons (Fsp3) is 0.609. The monoisotopic (exact) mass is 548 g/mol. The quantitative estimate of drug-likeness (QED) is 0.527. The van der Waals surface area contributed by atoms with Crippen molar-refractivity contribution in [2.75, 3.05) is 18.4 Å². The van der Waals surface area contributed by atoms with Crippen LogP contribution in [0.2, 0.25) is 0 Å². The van der Waals surface area contributed by atoms with Crippen LogP contribution in [-0.2, 0) is 19.4 Å². The standard InChI is InChI=1S/C23H25F5N4O4S/c24-22(25)11-16(12-29)32(14-22)18(33)13-30-21-8-5-20(6-9-21,7-10-21)19(34)31-15-1-3-17(4-2-15)37(35,36)23(26,27)28/h1-4,16,30H,5-11,13-14H2,(H,31,34). The fourth-order valence-electron chi connectivity index (χ4n) is 5.47. The smallest absolute Gasteiger partial charge is 0.326 e. The van der Waals surface area contributed by atoms with E-state index < -0.39 is 62.0 Å². The number of likely N-dealkylation sites (tertiary alicyclic amines) is 1. The van der Waals surface area contributed by atoms with E-state index in [1.807, 2.05) is 0 Å². The third-order valence-corrected chi connectivity index (χ3v) is 9.31. The predicted octanol–water partition coefficient (Wildman–Crippen LogP) is 3.36. The zero-order valence-electron chi connectivity index (χ0n) is 19.6. The van der Waals surface area contributed by atoms with Crippen molar-refractivity contribution in [2.45, 2.75) is 72.9 Å². The fourth-order valence-corrected chi connectivity index (χ4v) is 6.23. The molecule has 1 saturated heterocycles. The number of hydrogen-bond donors (Lipinski definition) is 2. The molecule has 0 radical (unpaired) electrons. The van der Waals surface area contributed by atoms with Gasteiger partial charge in [0.05, 0.1) is 24.1 Å². The minimum absolute atomic E-state index is 0.168. The van der Waals surface area contributed by atoms with Gasteiger partial charge in [0.15, 0.2) is 0 Å². The molecule has 1 unspecified atom stereocenters. The van der Waals surface area contributed by atoms with E-state index in [0.717, 1.165) is 29.2 Å². The van der Waals surface area contributed by atoms with Crippen LogP contribution in [0, 0.1) is 16.7 Å². The van der Waals surface area contributed by atoms with Gasteiger partial charge in [-0.15, -0.1) is 0 Å². The number of amides is 2. The number of halogens is 5. The van der Waals surface area contributed by atoms with Gasteiger partial charge < -0.3 is 15.5 Å². The summed E-state index contributed by atoms with van der Waals surface area (Å²) in [5.41, 5.74) is -6.41. The van der Waals surface area contributed by atoms with Crippen LogP contribution in [0.5, 0.6) is 0 Å². The number of fused-ring (bicyclic) bond motifs is 3. The Bertz CT molecular complexity index is 1200. The Hall–Kier alpha value is -2.79. The van der Waals surface area contributed by atoms with Crippen molar-refractivity contribution in [1.82, 2.24) is 10.2 Å². The van der Waals surface area contributed by atoms with Crippen LogP contribution < -0.4 is 10.6 Å². The number of sulfone groups is 1. The van der Waals surface area contributed by atoms with Crippen LogP contribution >= 0.6 is 0 Å². The topological polar surface area (TPSA) is 119 Å². The minimum Gasteiger partial charge on any atom is -0.326 e. The highest BCUT2D eigenvalue weighted by Crippen LogP contribution is 2.53. The molecule has 8 nitrogen and oxygen atoms in total. The molecule has 4 aliphatic rings. The van der Waals surface area contributed by atoms with Gasteiger partial charge >= 0.3 is 5.51 Å². The van der Waals surface area contributed by atoms with Crippen LogP contribution in [0.25, 0.3) is 0 Å². The SMILES string of the molecule is N#CC1CC(F)(F)CN1C(=O)CNC12CCC(C(=O)Nc3ccc(S(=O)(=O)C(F)(F)F)cc3)(CC1)CC2. The number of nitriles is 1. The maximum absolute atomic E-state index is 13.7. The van der Waals surface area contributed by atoms with Crippen molar-refractivity contribution < 1.29 is 40.0 Å². The van der Waals surface area contributed by atoms with E-state index >= 15 is 0 Å². The highest BCUT2D eigenvalue weighted by atomic mass is 32.2. The molecule has 2 amide bonds. The first-order valence-electron chi connectivity index (χ1n) is 11.7. The Morgan fingerprint density at radius 1 is 1.05 bits per heavy atom. The molecule has 1 aromatic carbocycles. The Morgan fingerprint density at radius 2 is 1.62 bits per heavy atom. The summed E-state index contributed by atoms with van der Waals surface area (Å²) >= 11 is 0. The molecule has 2 N–H and O–H groups in total. The minimum atomic E-state index is -5.49. The van der Waals surface area contributed by atoms with Gasteiger partial charge in [-0.3, -0.25) is 9.59 Å². The van der Waals surface area contributed by atoms with Gasteiger partial charge in [0.1, 0.15) is 6.04 Å². The molecule has 3 saturated carbocycles. The van der Waals surface area contributed by atoms with Crippen molar-refractivity contribution >= 4 is 27.3 Å². The van der Waals surface area contributed by atoms with E-state index in [4.69, 9.17) is 5.26 Å². The summed E-state index contributed by atoms with van der Waals surface area (Å²) in [5, 5.41) is 14.9. The average Bonchev–Trinajstić information content (AvgIpc) is 3.18. The lowest BCUT2D eigenvalue weighted by atomic mass is 9.57. The van der Waals surface area contributed by atoms with Gasteiger partial charge in [0.25, 0.3) is 15.8 Å². The third kappa shape index (κ3) is 5.16. The molecule has 202 valence electrons. The maximum Gasteiger partial charge on any atom is 0.501 e. The average molecular weight is 549 g/mol. The van der Waals surface area contributed by atoms with Crippen LogP contribution in [0.1, 0.15) is 44.9 Å². The Balaban J connectivity index is 1.33. The molecular formula is C23H25F5N4O4S. The molecule has 4 fully saturated rings. The van der Waals surface area contributed by atoms with Crippen molar-refractivity contribution in [1.29, 1.82) is 5.26 Å². The number of hydrogen-bond acceptors (Lipinski definition) is 6. The number of rotatable bonds is 6. The highest BCUT2D eigenvalue weighted by molar-refractivity contribution is 7.92. The van der Waals surface area contributed by atoms with E-state index in [1.54, 1.807) is 6.07 Å². The van der Waals surface area contributed by atoms with Gasteiger partial charge in [0.2, 0.25) is 11.8 Å². The normalized spacial score (nSPS) is 29.1. The lowest BCUT2D eigenvalue weighted by molar-refractivity contribution is -0.135. The summed E-state index contributed by atoms with van der Waals surface area (Å²) in [6, 6.07) is 4.36. The zero-order chi connectivity index (χ0) is 27.3. The van der Waals surface area contributed by atoms with Gasteiger partial charge in [-0.25, -0.2) is 17.2 Å². The summed E-state index contributed by atoms with van der Waals surface area (Å²) in [6.07, 6.45) is 2.39. The molecule has 0 spiro atoms. The summed E-state index contributed by atoms with van der Waals surface area (Å²) < 4.78 is 88.5. The van der Waals surface area contributed by atoms with E-state index in [9.17, 15) is 40.0 Å². The van der Waals surface area contributed by atoms with E-state index in [0.29, 0.717) is 38.5 Å².